The normalized spacial score (nSPS) is 24.9. The van der Waals surface area contributed by atoms with Crippen LogP contribution in [0.25, 0.3) is 10.8 Å². The molecule has 0 aliphatic carbocycles. The molecule has 2 aliphatic heterocycles. The van der Waals surface area contributed by atoms with Crippen molar-refractivity contribution in [2.75, 3.05) is 6.61 Å². The summed E-state index contributed by atoms with van der Waals surface area (Å²) in [6, 6.07) is 3.18. The summed E-state index contributed by atoms with van der Waals surface area (Å²) in [7, 11) is -0.717. The van der Waals surface area contributed by atoms with E-state index in [-0.39, 0.29) is 35.3 Å². The summed E-state index contributed by atoms with van der Waals surface area (Å²) in [5.74, 6) is -0.277. The highest BCUT2D eigenvalue weighted by atomic mass is 16.7. The van der Waals surface area contributed by atoms with Gasteiger partial charge in [0, 0.05) is 29.5 Å². The molecule has 0 unspecified atom stereocenters. The summed E-state index contributed by atoms with van der Waals surface area (Å²) in [5.41, 5.74) is 0.491. The van der Waals surface area contributed by atoms with E-state index in [1.54, 1.807) is 13.0 Å². The van der Waals surface area contributed by atoms with Crippen LogP contribution >= 0.6 is 0 Å². The second-order valence-corrected chi connectivity index (χ2v) is 9.26. The van der Waals surface area contributed by atoms with Gasteiger partial charge < -0.3 is 34.5 Å². The van der Waals surface area contributed by atoms with E-state index in [4.69, 9.17) is 14.0 Å². The van der Waals surface area contributed by atoms with Crippen molar-refractivity contribution in [3.63, 3.8) is 0 Å². The van der Waals surface area contributed by atoms with Crippen molar-refractivity contribution in [3.8, 4) is 17.2 Å². The number of rotatable bonds is 3. The molecule has 2 atom stereocenters. The fourth-order valence-corrected chi connectivity index (χ4v) is 4.36. The number of ether oxygens (including phenoxy) is 1. The van der Waals surface area contributed by atoms with Crippen molar-refractivity contribution in [2.45, 2.75) is 70.9 Å². The van der Waals surface area contributed by atoms with Gasteiger partial charge in [0.1, 0.15) is 17.2 Å². The zero-order chi connectivity index (χ0) is 22.0. The number of aliphatic hydroxyl groups is 1. The maximum atomic E-state index is 11.1. The van der Waals surface area contributed by atoms with Gasteiger partial charge in [0.2, 0.25) is 0 Å². The summed E-state index contributed by atoms with van der Waals surface area (Å²) in [4.78, 5) is 0. The average Bonchev–Trinajstić information content (AvgIpc) is 2.86. The zero-order valence-corrected chi connectivity index (χ0v) is 18.0. The average molecular weight is 416 g/mol. The van der Waals surface area contributed by atoms with Crippen LogP contribution in [0.2, 0.25) is 0 Å². The van der Waals surface area contributed by atoms with Gasteiger partial charge in [0.25, 0.3) is 0 Å². The predicted octanol–water partition coefficient (Wildman–Crippen LogP) is 2.64. The Balaban J connectivity index is 1.86. The Kier molecular flexibility index (Phi) is 4.97. The summed E-state index contributed by atoms with van der Waals surface area (Å²) in [5, 5.41) is 42.5. The van der Waals surface area contributed by atoms with Gasteiger partial charge in [-0.25, -0.2) is 0 Å². The third kappa shape index (κ3) is 3.14. The predicted molar refractivity (Wildman–Crippen MR) is 113 cm³/mol. The largest absolute Gasteiger partial charge is 0.507 e. The standard InChI is InChI=1S/C22H29BO7/c1-11-17-15(10-13(28-11)6-7-24)20(27)18-14(19(17)26)8-12(9-16(18)25)23-29-21(2,3)22(4,5)30-23/h8-9,11,13,24-27H,6-7,10H2,1-5H3/t11-,13-/m0/s1. The molecule has 4 rings (SSSR count). The van der Waals surface area contributed by atoms with Gasteiger partial charge in [0.05, 0.1) is 28.8 Å². The molecule has 8 heteroatoms. The second-order valence-electron chi connectivity index (χ2n) is 9.26. The van der Waals surface area contributed by atoms with Crippen molar-refractivity contribution >= 4 is 23.4 Å². The van der Waals surface area contributed by atoms with E-state index in [0.717, 1.165) is 0 Å². The third-order valence-corrected chi connectivity index (χ3v) is 6.71. The molecule has 4 N–H and O–H groups in total. The van der Waals surface area contributed by atoms with E-state index in [1.807, 2.05) is 27.7 Å². The maximum absolute atomic E-state index is 11.1. The molecule has 0 bridgehead atoms. The van der Waals surface area contributed by atoms with Crippen molar-refractivity contribution in [1.82, 2.24) is 0 Å². The molecule has 2 aromatic rings. The van der Waals surface area contributed by atoms with E-state index in [1.165, 1.54) is 6.07 Å². The molecule has 2 heterocycles. The molecule has 162 valence electrons. The number of phenolic OH excluding ortho intramolecular Hbond substituents is 3. The summed E-state index contributed by atoms with van der Waals surface area (Å²) >= 11 is 0. The van der Waals surface area contributed by atoms with Gasteiger partial charge in [-0.05, 0) is 52.6 Å². The number of fused-ring (bicyclic) bond motifs is 2. The molecule has 1 saturated heterocycles. The van der Waals surface area contributed by atoms with Gasteiger partial charge >= 0.3 is 7.12 Å². The Morgan fingerprint density at radius 1 is 1.03 bits per heavy atom. The molecule has 0 aromatic heterocycles. The molecule has 30 heavy (non-hydrogen) atoms. The van der Waals surface area contributed by atoms with Gasteiger partial charge in [0.15, 0.2) is 0 Å². The quantitative estimate of drug-likeness (QED) is 0.450. The van der Waals surface area contributed by atoms with Gasteiger partial charge in [-0.15, -0.1) is 0 Å². The van der Waals surface area contributed by atoms with Crippen LogP contribution in [0.3, 0.4) is 0 Å². The minimum atomic E-state index is -0.717. The van der Waals surface area contributed by atoms with Crippen LogP contribution in [-0.2, 0) is 20.5 Å². The molecule has 0 radical (unpaired) electrons. The lowest BCUT2D eigenvalue weighted by Gasteiger charge is -2.32. The molecule has 0 amide bonds. The smallest absolute Gasteiger partial charge is 0.494 e. The number of benzene rings is 2. The fourth-order valence-electron chi connectivity index (χ4n) is 4.36. The van der Waals surface area contributed by atoms with Crippen LogP contribution in [-0.4, -0.2) is 51.5 Å². The highest BCUT2D eigenvalue weighted by Crippen LogP contribution is 2.49. The van der Waals surface area contributed by atoms with E-state index < -0.39 is 24.4 Å². The first-order valence-electron chi connectivity index (χ1n) is 10.3. The van der Waals surface area contributed by atoms with E-state index in [2.05, 4.69) is 0 Å². The number of aromatic hydroxyl groups is 3. The Morgan fingerprint density at radius 3 is 2.27 bits per heavy atom. The molecule has 2 aliphatic rings. The fraction of sp³-hybridized carbons (Fsp3) is 0.545. The molecule has 0 spiro atoms. The van der Waals surface area contributed by atoms with Crippen molar-refractivity contribution in [1.29, 1.82) is 0 Å². The monoisotopic (exact) mass is 416 g/mol. The SMILES string of the molecule is C[C@@H]1O[C@@H](CCO)Cc2c1c(O)c1cc(B3OC(C)(C)C(C)(C)O3)cc(O)c1c2O. The molecular formula is C22H29BO7. The summed E-state index contributed by atoms with van der Waals surface area (Å²) < 4.78 is 18.1. The van der Waals surface area contributed by atoms with E-state index in [0.29, 0.717) is 34.8 Å². The summed E-state index contributed by atoms with van der Waals surface area (Å²) in [6.45, 7) is 9.52. The van der Waals surface area contributed by atoms with Crippen molar-refractivity contribution < 1.29 is 34.5 Å². The lowest BCUT2D eigenvalue weighted by molar-refractivity contribution is -0.0279. The van der Waals surface area contributed by atoms with Crippen LogP contribution in [0.5, 0.6) is 17.2 Å². The number of phenols is 3. The minimum absolute atomic E-state index is 0.0320. The third-order valence-electron chi connectivity index (χ3n) is 6.71. The van der Waals surface area contributed by atoms with Gasteiger partial charge in [-0.2, -0.15) is 0 Å². The molecular weight excluding hydrogens is 387 g/mol. The van der Waals surface area contributed by atoms with Crippen LogP contribution in [0.4, 0.5) is 0 Å². The highest BCUT2D eigenvalue weighted by molar-refractivity contribution is 6.62. The highest BCUT2D eigenvalue weighted by Gasteiger charge is 2.52. The molecule has 1 fully saturated rings. The van der Waals surface area contributed by atoms with E-state index >= 15 is 0 Å². The first-order valence-corrected chi connectivity index (χ1v) is 10.3. The topological polar surface area (TPSA) is 109 Å². The first kappa shape index (κ1) is 21.2. The van der Waals surface area contributed by atoms with Crippen LogP contribution in [0.15, 0.2) is 12.1 Å². The van der Waals surface area contributed by atoms with Crippen LogP contribution < -0.4 is 5.46 Å². The maximum Gasteiger partial charge on any atom is 0.494 e. The lowest BCUT2D eigenvalue weighted by atomic mass is 9.77. The number of hydrogen-bond donors (Lipinski definition) is 4. The van der Waals surface area contributed by atoms with E-state index in [9.17, 15) is 20.4 Å². The number of aliphatic hydroxyl groups excluding tert-OH is 1. The summed E-state index contributed by atoms with van der Waals surface area (Å²) in [6.07, 6.45) is 0.0257. The van der Waals surface area contributed by atoms with Crippen molar-refractivity contribution in [2.24, 2.45) is 0 Å². The zero-order valence-electron chi connectivity index (χ0n) is 18.0. The van der Waals surface area contributed by atoms with Crippen molar-refractivity contribution in [3.05, 3.63) is 23.3 Å². The Labute approximate surface area is 176 Å². The second kappa shape index (κ2) is 7.02. The number of hydrogen-bond acceptors (Lipinski definition) is 7. The lowest BCUT2D eigenvalue weighted by Crippen LogP contribution is -2.41. The Morgan fingerprint density at radius 2 is 1.67 bits per heavy atom. The van der Waals surface area contributed by atoms with Gasteiger partial charge in [-0.3, -0.25) is 0 Å². The first-order chi connectivity index (χ1) is 14.0. The molecule has 2 aromatic carbocycles. The molecule has 0 saturated carbocycles. The van der Waals surface area contributed by atoms with Crippen LogP contribution in [0.1, 0.15) is 58.3 Å². The Bertz CT molecular complexity index is 985. The molecule has 7 nitrogen and oxygen atoms in total. The Hall–Kier alpha value is -2.00. The van der Waals surface area contributed by atoms with Gasteiger partial charge in [-0.1, -0.05) is 6.07 Å². The minimum Gasteiger partial charge on any atom is -0.507 e. The van der Waals surface area contributed by atoms with Crippen LogP contribution in [0, 0.1) is 0 Å².